The second-order valence-electron chi connectivity index (χ2n) is 3.74. The van der Waals surface area contributed by atoms with Crippen LogP contribution in [-0.2, 0) is 0 Å². The van der Waals surface area contributed by atoms with Crippen LogP contribution in [-0.4, -0.2) is 23.9 Å². The quantitative estimate of drug-likeness (QED) is 0.388. The zero-order chi connectivity index (χ0) is 16.7. The number of hydrogen-bond donors (Lipinski definition) is 0. The molecule has 120 valence electrons. The van der Waals surface area contributed by atoms with Crippen LogP contribution in [0.15, 0.2) is 23.6 Å². The van der Waals surface area contributed by atoms with Crippen molar-refractivity contribution in [2.45, 2.75) is 23.9 Å². The van der Waals surface area contributed by atoms with Gasteiger partial charge in [-0.15, -0.1) is 11.3 Å². The largest absolute Gasteiger partial charge is 0.460 e. The van der Waals surface area contributed by atoms with Gasteiger partial charge in [0.05, 0.1) is 0 Å². The molecule has 0 aliphatic rings. The minimum absolute atomic E-state index is 0.0291. The van der Waals surface area contributed by atoms with E-state index in [-0.39, 0.29) is 4.88 Å². The predicted octanol–water partition coefficient (Wildman–Crippen LogP) is 5.99. The third kappa shape index (κ3) is 3.32. The minimum Gasteiger partial charge on any atom is -0.195 e. The van der Waals surface area contributed by atoms with Gasteiger partial charge in [-0.05, 0) is 34.0 Å². The Morgan fingerprint density at radius 2 is 1.48 bits per heavy atom. The van der Waals surface area contributed by atoms with Crippen molar-refractivity contribution < 1.29 is 39.5 Å². The van der Waals surface area contributed by atoms with Crippen molar-refractivity contribution in [1.29, 1.82) is 0 Å². The van der Waals surface area contributed by atoms with Crippen LogP contribution in [0.2, 0.25) is 0 Å². The van der Waals surface area contributed by atoms with E-state index in [1.807, 2.05) is 0 Å². The summed E-state index contributed by atoms with van der Waals surface area (Å²) >= 11 is 1.98. The molecule has 0 saturated carbocycles. The standard InChI is InChI=1S/C10H4F9IS/c11-7(12,4-5(20)6-2-1-3-21-6)8(13,14)9(15,16)10(17,18)19/h1-4H/b5-4+. The molecule has 0 radical (unpaired) electrons. The normalized spacial score (nSPS) is 15.4. The summed E-state index contributed by atoms with van der Waals surface area (Å²) in [5.41, 5.74) is 0. The summed E-state index contributed by atoms with van der Waals surface area (Å²) in [6, 6.07) is 2.59. The molecule has 0 amide bonds. The third-order valence-electron chi connectivity index (χ3n) is 2.23. The summed E-state index contributed by atoms with van der Waals surface area (Å²) in [7, 11) is 0. The Morgan fingerprint density at radius 3 is 1.86 bits per heavy atom. The lowest BCUT2D eigenvalue weighted by atomic mass is 10.0. The summed E-state index contributed by atoms with van der Waals surface area (Å²) in [5, 5.41) is 1.39. The Kier molecular flexibility index (Phi) is 4.98. The second kappa shape index (κ2) is 5.63. The Bertz CT molecular complexity index is 515. The van der Waals surface area contributed by atoms with Crippen molar-refractivity contribution in [1.82, 2.24) is 0 Å². The maximum Gasteiger partial charge on any atom is 0.460 e. The van der Waals surface area contributed by atoms with Gasteiger partial charge in [0, 0.05) is 14.5 Å². The second-order valence-corrected chi connectivity index (χ2v) is 5.85. The van der Waals surface area contributed by atoms with Crippen molar-refractivity contribution >= 4 is 37.5 Å². The van der Waals surface area contributed by atoms with Crippen LogP contribution >= 0.6 is 33.9 Å². The van der Waals surface area contributed by atoms with Crippen molar-refractivity contribution in [2.75, 3.05) is 0 Å². The van der Waals surface area contributed by atoms with Crippen molar-refractivity contribution in [3.63, 3.8) is 0 Å². The number of thiophene rings is 1. The summed E-state index contributed by atoms with van der Waals surface area (Å²) < 4.78 is 113. The monoisotopic (exact) mass is 454 g/mol. The van der Waals surface area contributed by atoms with Crippen LogP contribution in [0.1, 0.15) is 4.88 Å². The molecule has 0 N–H and O–H groups in total. The molecule has 0 bridgehead atoms. The highest BCUT2D eigenvalue weighted by Gasteiger charge is 2.81. The van der Waals surface area contributed by atoms with Crippen LogP contribution in [0.4, 0.5) is 39.5 Å². The summed E-state index contributed by atoms with van der Waals surface area (Å²) in [6.45, 7) is 0. The number of hydrogen-bond acceptors (Lipinski definition) is 1. The number of alkyl halides is 9. The molecule has 1 aromatic rings. The average molecular weight is 454 g/mol. The lowest BCUT2D eigenvalue weighted by Crippen LogP contribution is -2.60. The summed E-state index contributed by atoms with van der Waals surface area (Å²) in [5.74, 6) is -19.2. The van der Waals surface area contributed by atoms with Crippen LogP contribution in [0.25, 0.3) is 3.58 Å². The fourth-order valence-electron chi connectivity index (χ4n) is 1.12. The van der Waals surface area contributed by atoms with Crippen molar-refractivity contribution in [3.8, 4) is 0 Å². The maximum atomic E-state index is 13.3. The van der Waals surface area contributed by atoms with Gasteiger partial charge in [-0.25, -0.2) is 0 Å². The lowest BCUT2D eigenvalue weighted by molar-refractivity contribution is -0.388. The van der Waals surface area contributed by atoms with Crippen LogP contribution in [0.5, 0.6) is 0 Å². The molecule has 0 saturated heterocycles. The molecule has 0 unspecified atom stereocenters. The Hall–Kier alpha value is -0.460. The molecule has 0 nitrogen and oxygen atoms in total. The van der Waals surface area contributed by atoms with Gasteiger partial charge in [-0.1, -0.05) is 6.07 Å². The van der Waals surface area contributed by atoms with Crippen LogP contribution < -0.4 is 0 Å². The van der Waals surface area contributed by atoms with Gasteiger partial charge >= 0.3 is 23.9 Å². The highest BCUT2D eigenvalue weighted by Crippen LogP contribution is 2.54. The molecular formula is C10H4F9IS. The van der Waals surface area contributed by atoms with Crippen LogP contribution in [0, 0.1) is 0 Å². The number of allylic oxidation sites excluding steroid dienone is 1. The Labute approximate surface area is 129 Å². The van der Waals surface area contributed by atoms with E-state index in [1.165, 1.54) is 17.5 Å². The summed E-state index contributed by atoms with van der Waals surface area (Å²) in [4.78, 5) is 0.0291. The van der Waals surface area contributed by atoms with Crippen LogP contribution in [0.3, 0.4) is 0 Å². The molecular weight excluding hydrogens is 450 g/mol. The van der Waals surface area contributed by atoms with E-state index in [0.717, 1.165) is 33.9 Å². The van der Waals surface area contributed by atoms with Gasteiger partial charge in [0.1, 0.15) is 0 Å². The Morgan fingerprint density at radius 1 is 0.952 bits per heavy atom. The first-order valence-corrected chi connectivity index (χ1v) is 6.82. The molecule has 0 aliphatic carbocycles. The lowest BCUT2D eigenvalue weighted by Gasteiger charge is -2.32. The molecule has 21 heavy (non-hydrogen) atoms. The molecule has 11 heteroatoms. The fraction of sp³-hybridized carbons (Fsp3) is 0.400. The van der Waals surface area contributed by atoms with Gasteiger partial charge in [0.2, 0.25) is 0 Å². The summed E-state index contributed by atoms with van der Waals surface area (Å²) in [6.07, 6.45) is -7.40. The molecule has 0 spiro atoms. The van der Waals surface area contributed by atoms with Crippen molar-refractivity contribution in [2.24, 2.45) is 0 Å². The van der Waals surface area contributed by atoms with Gasteiger partial charge < -0.3 is 0 Å². The topological polar surface area (TPSA) is 0 Å². The van der Waals surface area contributed by atoms with Gasteiger partial charge in [0.25, 0.3) is 0 Å². The van der Waals surface area contributed by atoms with Gasteiger partial charge in [-0.2, -0.15) is 39.5 Å². The zero-order valence-corrected chi connectivity index (χ0v) is 12.5. The predicted molar refractivity (Wildman–Crippen MR) is 67.2 cm³/mol. The SMILES string of the molecule is FC(F)(F)C(F)(F)C(F)(F)C(F)(F)/C=C(/I)c1cccs1. The van der Waals surface area contributed by atoms with E-state index in [0.29, 0.717) is 0 Å². The smallest absolute Gasteiger partial charge is 0.195 e. The van der Waals surface area contributed by atoms with E-state index in [9.17, 15) is 39.5 Å². The third-order valence-corrected chi connectivity index (χ3v) is 4.40. The van der Waals surface area contributed by atoms with E-state index >= 15 is 0 Å². The number of halogens is 10. The first kappa shape index (κ1) is 18.6. The van der Waals surface area contributed by atoms with E-state index in [2.05, 4.69) is 0 Å². The van der Waals surface area contributed by atoms with E-state index in [4.69, 9.17) is 0 Å². The zero-order valence-electron chi connectivity index (χ0n) is 9.50. The molecule has 1 heterocycles. The van der Waals surface area contributed by atoms with Gasteiger partial charge in [-0.3, -0.25) is 0 Å². The first-order chi connectivity index (χ1) is 9.24. The highest BCUT2D eigenvalue weighted by atomic mass is 127. The molecule has 0 fully saturated rings. The molecule has 1 rings (SSSR count). The minimum atomic E-state index is -6.87. The van der Waals surface area contributed by atoms with E-state index in [1.54, 1.807) is 0 Å². The average Bonchev–Trinajstić information content (AvgIpc) is 2.79. The highest BCUT2D eigenvalue weighted by molar-refractivity contribution is 14.1. The van der Waals surface area contributed by atoms with Gasteiger partial charge in [0.15, 0.2) is 0 Å². The fourth-order valence-corrected chi connectivity index (χ4v) is 2.71. The molecule has 0 aliphatic heterocycles. The van der Waals surface area contributed by atoms with Crippen molar-refractivity contribution in [3.05, 3.63) is 28.5 Å². The number of rotatable bonds is 4. The Balaban J connectivity index is 3.25. The molecule has 0 aromatic carbocycles. The van der Waals surface area contributed by atoms with E-state index < -0.39 is 33.6 Å². The maximum absolute atomic E-state index is 13.3. The molecule has 0 atom stereocenters. The first-order valence-electron chi connectivity index (χ1n) is 4.86. The molecule has 1 aromatic heterocycles.